The summed E-state index contributed by atoms with van der Waals surface area (Å²) in [5.74, 6) is -0.394. The van der Waals surface area contributed by atoms with E-state index in [4.69, 9.17) is 4.74 Å². The molecule has 0 radical (unpaired) electrons. The van der Waals surface area contributed by atoms with Gasteiger partial charge in [-0.3, -0.25) is 4.79 Å². The average molecular weight is 480 g/mol. The van der Waals surface area contributed by atoms with Crippen molar-refractivity contribution in [3.05, 3.63) is 49.4 Å². The van der Waals surface area contributed by atoms with Crippen LogP contribution in [0.2, 0.25) is 0 Å². The van der Waals surface area contributed by atoms with Gasteiger partial charge in [-0.25, -0.2) is 4.79 Å². The SMILES string of the molecule is CC1CCc2c(sc(NC(=O)COC(=O)c3ccc(I)cc3)c2C#N)C1. The molecule has 7 heteroatoms. The molecule has 0 saturated heterocycles. The van der Waals surface area contributed by atoms with E-state index >= 15 is 0 Å². The highest BCUT2D eigenvalue weighted by Gasteiger charge is 2.24. The van der Waals surface area contributed by atoms with E-state index in [9.17, 15) is 14.9 Å². The first-order chi connectivity index (χ1) is 12.5. The molecule has 3 rings (SSSR count). The van der Waals surface area contributed by atoms with Crippen LogP contribution in [0.3, 0.4) is 0 Å². The number of anilines is 1. The minimum atomic E-state index is -0.545. The Morgan fingerprint density at radius 3 is 2.81 bits per heavy atom. The van der Waals surface area contributed by atoms with Gasteiger partial charge in [0.05, 0.1) is 11.1 Å². The average Bonchev–Trinajstić information content (AvgIpc) is 2.96. The topological polar surface area (TPSA) is 79.2 Å². The predicted molar refractivity (Wildman–Crippen MR) is 108 cm³/mol. The summed E-state index contributed by atoms with van der Waals surface area (Å²) in [4.78, 5) is 25.3. The summed E-state index contributed by atoms with van der Waals surface area (Å²) < 4.78 is 6.07. The summed E-state index contributed by atoms with van der Waals surface area (Å²) in [5.41, 5.74) is 2.01. The Hall–Kier alpha value is -1.92. The monoisotopic (exact) mass is 480 g/mol. The van der Waals surface area contributed by atoms with Gasteiger partial charge in [0.25, 0.3) is 5.91 Å². The zero-order chi connectivity index (χ0) is 18.7. The van der Waals surface area contributed by atoms with E-state index in [1.807, 2.05) is 0 Å². The van der Waals surface area contributed by atoms with Crippen molar-refractivity contribution in [3.63, 3.8) is 0 Å². The van der Waals surface area contributed by atoms with Gasteiger partial charge < -0.3 is 10.1 Å². The molecule has 1 aromatic heterocycles. The number of thiophene rings is 1. The molecule has 1 N–H and O–H groups in total. The largest absolute Gasteiger partial charge is 0.452 e. The molecule has 134 valence electrons. The van der Waals surface area contributed by atoms with Gasteiger partial charge in [0, 0.05) is 8.45 Å². The van der Waals surface area contributed by atoms with Gasteiger partial charge in [-0.1, -0.05) is 6.92 Å². The maximum atomic E-state index is 12.2. The summed E-state index contributed by atoms with van der Waals surface area (Å²) in [6, 6.07) is 9.12. The molecular weight excluding hydrogens is 463 g/mol. The zero-order valence-electron chi connectivity index (χ0n) is 14.2. The summed E-state index contributed by atoms with van der Waals surface area (Å²) in [6.45, 7) is 1.81. The molecule has 0 fully saturated rings. The molecule has 1 aliphatic rings. The normalized spacial score (nSPS) is 15.7. The molecule has 0 aliphatic heterocycles. The smallest absolute Gasteiger partial charge is 0.338 e. The van der Waals surface area contributed by atoms with Crippen LogP contribution in [-0.4, -0.2) is 18.5 Å². The van der Waals surface area contributed by atoms with Crippen LogP contribution in [0, 0.1) is 20.8 Å². The molecule has 1 aliphatic carbocycles. The lowest BCUT2D eigenvalue weighted by atomic mass is 9.89. The van der Waals surface area contributed by atoms with Crippen molar-refractivity contribution in [2.75, 3.05) is 11.9 Å². The van der Waals surface area contributed by atoms with Crippen LogP contribution in [0.15, 0.2) is 24.3 Å². The molecular formula is C19H17IN2O3S. The van der Waals surface area contributed by atoms with Crippen LogP contribution >= 0.6 is 33.9 Å². The maximum Gasteiger partial charge on any atom is 0.338 e. The minimum absolute atomic E-state index is 0.380. The van der Waals surface area contributed by atoms with Crippen LogP contribution in [0.25, 0.3) is 0 Å². The first-order valence-corrected chi connectivity index (χ1v) is 10.1. The third kappa shape index (κ3) is 4.24. The number of amides is 1. The molecule has 26 heavy (non-hydrogen) atoms. The van der Waals surface area contributed by atoms with Crippen molar-refractivity contribution < 1.29 is 14.3 Å². The fourth-order valence-electron chi connectivity index (χ4n) is 2.92. The Labute approximate surface area is 169 Å². The van der Waals surface area contributed by atoms with Crippen molar-refractivity contribution >= 4 is 50.8 Å². The van der Waals surface area contributed by atoms with E-state index in [2.05, 4.69) is 40.9 Å². The van der Waals surface area contributed by atoms with Crippen molar-refractivity contribution in [1.29, 1.82) is 5.26 Å². The number of hydrogen-bond donors (Lipinski definition) is 1. The number of rotatable bonds is 4. The summed E-state index contributed by atoms with van der Waals surface area (Å²) >= 11 is 3.60. The second-order valence-electron chi connectivity index (χ2n) is 6.30. The second-order valence-corrected chi connectivity index (χ2v) is 8.65. The third-order valence-corrected chi connectivity index (χ3v) is 6.18. The lowest BCUT2D eigenvalue weighted by Gasteiger charge is -2.17. The number of esters is 1. The number of halogens is 1. The number of ether oxygens (including phenoxy) is 1. The molecule has 0 bridgehead atoms. The molecule has 0 saturated carbocycles. The highest BCUT2D eigenvalue weighted by atomic mass is 127. The molecule has 1 unspecified atom stereocenters. The van der Waals surface area contributed by atoms with Gasteiger partial charge >= 0.3 is 5.97 Å². The fourth-order valence-corrected chi connectivity index (χ4v) is 4.66. The van der Waals surface area contributed by atoms with Crippen molar-refractivity contribution in [2.24, 2.45) is 5.92 Å². The summed E-state index contributed by atoms with van der Waals surface area (Å²) in [7, 11) is 0. The summed E-state index contributed by atoms with van der Waals surface area (Å²) in [5, 5.41) is 12.7. The Kier molecular flexibility index (Phi) is 5.94. The fraction of sp³-hybridized carbons (Fsp3) is 0.316. The highest BCUT2D eigenvalue weighted by molar-refractivity contribution is 14.1. The second kappa shape index (κ2) is 8.18. The number of nitriles is 1. The third-order valence-electron chi connectivity index (χ3n) is 4.29. The Morgan fingerprint density at radius 1 is 1.38 bits per heavy atom. The van der Waals surface area contributed by atoms with Crippen LogP contribution < -0.4 is 5.32 Å². The van der Waals surface area contributed by atoms with Gasteiger partial charge in [0.2, 0.25) is 0 Å². The Morgan fingerprint density at radius 2 is 2.12 bits per heavy atom. The van der Waals surface area contributed by atoms with E-state index in [0.29, 0.717) is 22.0 Å². The van der Waals surface area contributed by atoms with Crippen LogP contribution in [0.1, 0.15) is 39.7 Å². The molecule has 1 heterocycles. The molecule has 1 aromatic carbocycles. The van der Waals surface area contributed by atoms with Crippen molar-refractivity contribution in [2.45, 2.75) is 26.2 Å². The number of benzene rings is 1. The van der Waals surface area contributed by atoms with E-state index in [-0.39, 0.29) is 6.61 Å². The van der Waals surface area contributed by atoms with E-state index in [1.54, 1.807) is 24.3 Å². The Balaban J connectivity index is 1.63. The van der Waals surface area contributed by atoms with Crippen LogP contribution in [0.4, 0.5) is 5.00 Å². The molecule has 0 spiro atoms. The Bertz CT molecular complexity index is 883. The lowest BCUT2D eigenvalue weighted by molar-refractivity contribution is -0.119. The van der Waals surface area contributed by atoms with Crippen LogP contribution in [-0.2, 0) is 22.4 Å². The molecule has 1 atom stereocenters. The molecule has 5 nitrogen and oxygen atoms in total. The first kappa shape index (κ1) is 18.9. The van der Waals surface area contributed by atoms with Gasteiger partial charge in [-0.05, 0) is 77.6 Å². The van der Waals surface area contributed by atoms with Gasteiger partial charge in [-0.2, -0.15) is 5.26 Å². The number of fused-ring (bicyclic) bond motifs is 1. The lowest BCUT2D eigenvalue weighted by Crippen LogP contribution is -2.20. The summed E-state index contributed by atoms with van der Waals surface area (Å²) in [6.07, 6.45) is 2.86. The van der Waals surface area contributed by atoms with E-state index in [0.717, 1.165) is 28.4 Å². The maximum absolute atomic E-state index is 12.2. The number of hydrogen-bond acceptors (Lipinski definition) is 5. The van der Waals surface area contributed by atoms with E-state index < -0.39 is 11.9 Å². The van der Waals surface area contributed by atoms with Crippen molar-refractivity contribution in [3.8, 4) is 6.07 Å². The number of carbonyl (C=O) groups excluding carboxylic acids is 2. The van der Waals surface area contributed by atoms with Gasteiger partial charge in [-0.15, -0.1) is 11.3 Å². The molecule has 2 aromatic rings. The number of nitrogens with one attached hydrogen (secondary N) is 1. The van der Waals surface area contributed by atoms with Crippen LogP contribution in [0.5, 0.6) is 0 Å². The van der Waals surface area contributed by atoms with E-state index in [1.165, 1.54) is 16.2 Å². The number of nitrogens with zero attached hydrogens (tertiary/aromatic N) is 1. The van der Waals surface area contributed by atoms with Crippen molar-refractivity contribution in [1.82, 2.24) is 0 Å². The highest BCUT2D eigenvalue weighted by Crippen LogP contribution is 2.39. The standard InChI is InChI=1S/C19H17IN2O3S/c1-11-2-7-14-15(9-21)18(26-16(14)8-11)22-17(23)10-25-19(24)12-3-5-13(20)6-4-12/h3-6,11H,2,7-8,10H2,1H3,(H,22,23). The predicted octanol–water partition coefficient (Wildman–Crippen LogP) is 4.14. The van der Waals surface area contributed by atoms with Gasteiger partial charge in [0.15, 0.2) is 6.61 Å². The minimum Gasteiger partial charge on any atom is -0.452 e. The quantitative estimate of drug-likeness (QED) is 0.527. The van der Waals surface area contributed by atoms with Gasteiger partial charge in [0.1, 0.15) is 11.1 Å². The zero-order valence-corrected chi connectivity index (χ0v) is 17.1. The first-order valence-electron chi connectivity index (χ1n) is 8.25. The molecule has 1 amide bonds. The number of carbonyl (C=O) groups is 2.